The minimum atomic E-state index is -0.0355. The number of rotatable bonds is 42. The van der Waals surface area contributed by atoms with Crippen molar-refractivity contribution >= 4 is 0 Å². The summed E-state index contributed by atoms with van der Waals surface area (Å²) >= 11 is 0. The molecule has 0 heterocycles. The maximum atomic E-state index is 8.61. The molecule has 11 nitrogen and oxygen atoms in total. The van der Waals surface area contributed by atoms with Crippen LogP contribution in [0.3, 0.4) is 0 Å². The first kappa shape index (κ1) is 48.6. The van der Waals surface area contributed by atoms with Gasteiger partial charge >= 0.3 is 0 Å². The maximum absolute atomic E-state index is 8.61. The smallest absolute Gasteiger partial charge is 0.0781 e. The van der Waals surface area contributed by atoms with Crippen LogP contribution >= 0.6 is 0 Å². The standard InChI is InChI=1S/C38H78O11/c1-6-7-8-9-10-11-12-13-14-15-16-17-19-45-31-35(2)47-33-37(4)49-34-38(5)48-32-36(3)46-30-29-44-28-27-43-26-25-42-24-23-41-22-21-40-20-18-39/h35-39H,6-34H2,1-5H3. The van der Waals surface area contributed by atoms with Gasteiger partial charge in [0.1, 0.15) is 0 Å². The van der Waals surface area contributed by atoms with Crippen LogP contribution in [-0.4, -0.2) is 142 Å². The molecule has 1 N–H and O–H groups in total. The Kier molecular flexibility index (Phi) is 40.0. The van der Waals surface area contributed by atoms with Crippen LogP contribution in [0.1, 0.15) is 112 Å². The lowest BCUT2D eigenvalue weighted by molar-refractivity contribution is -0.0951. The van der Waals surface area contributed by atoms with Crippen LogP contribution < -0.4 is 0 Å². The van der Waals surface area contributed by atoms with Gasteiger partial charge in [-0.15, -0.1) is 0 Å². The molecular formula is C38H78O11. The summed E-state index contributed by atoms with van der Waals surface area (Å²) in [7, 11) is 0. The number of unbranched alkanes of at least 4 members (excludes halogenated alkanes) is 11. The van der Waals surface area contributed by atoms with Gasteiger partial charge in [0.25, 0.3) is 0 Å². The second-order valence-electron chi connectivity index (χ2n) is 12.9. The number of aliphatic hydroxyl groups is 1. The number of hydrogen-bond donors (Lipinski definition) is 1. The summed E-state index contributed by atoms with van der Waals surface area (Å²) in [5.74, 6) is 0. The van der Waals surface area contributed by atoms with E-state index >= 15 is 0 Å². The van der Waals surface area contributed by atoms with E-state index in [4.69, 9.17) is 52.5 Å². The van der Waals surface area contributed by atoms with E-state index in [2.05, 4.69) is 13.8 Å². The minimum absolute atomic E-state index is 0.0128. The Morgan fingerprint density at radius 2 is 0.653 bits per heavy atom. The predicted molar refractivity (Wildman–Crippen MR) is 195 cm³/mol. The van der Waals surface area contributed by atoms with E-state index in [0.717, 1.165) is 13.0 Å². The molecule has 0 aromatic heterocycles. The monoisotopic (exact) mass is 711 g/mol. The highest BCUT2D eigenvalue weighted by molar-refractivity contribution is 4.57. The predicted octanol–water partition coefficient (Wildman–Crippen LogP) is 6.40. The van der Waals surface area contributed by atoms with Crippen LogP contribution in [0.5, 0.6) is 0 Å². The Hall–Kier alpha value is -0.440. The molecule has 0 aliphatic heterocycles. The Morgan fingerprint density at radius 1 is 0.327 bits per heavy atom. The second kappa shape index (κ2) is 40.3. The van der Waals surface area contributed by atoms with Crippen LogP contribution in [0.15, 0.2) is 0 Å². The van der Waals surface area contributed by atoms with Gasteiger partial charge in [0.15, 0.2) is 0 Å². The Balaban J connectivity index is 3.44. The topological polar surface area (TPSA) is 113 Å². The van der Waals surface area contributed by atoms with Crippen molar-refractivity contribution in [2.75, 3.05) is 112 Å². The molecule has 4 unspecified atom stereocenters. The number of hydrogen-bond acceptors (Lipinski definition) is 11. The van der Waals surface area contributed by atoms with E-state index in [9.17, 15) is 0 Å². The summed E-state index contributed by atoms with van der Waals surface area (Å²) in [4.78, 5) is 0. The molecule has 0 radical (unpaired) electrons. The van der Waals surface area contributed by atoms with Gasteiger partial charge in [-0.1, -0.05) is 77.6 Å². The quantitative estimate of drug-likeness (QED) is 0.0711. The van der Waals surface area contributed by atoms with Crippen LogP contribution in [0.2, 0.25) is 0 Å². The third-order valence-electron chi connectivity index (χ3n) is 7.69. The SMILES string of the molecule is CCCCCCCCCCCCCCOCC(C)OCC(C)OCC(C)OCC(C)OCCOCCOCCOCCOCCOCCO. The van der Waals surface area contributed by atoms with Crippen molar-refractivity contribution in [2.45, 2.75) is 136 Å². The van der Waals surface area contributed by atoms with Crippen LogP contribution in [0.25, 0.3) is 0 Å². The molecule has 0 aliphatic carbocycles. The van der Waals surface area contributed by atoms with Gasteiger partial charge in [-0.25, -0.2) is 0 Å². The molecule has 296 valence electrons. The summed E-state index contributed by atoms with van der Waals surface area (Å²) < 4.78 is 56.3. The van der Waals surface area contributed by atoms with Gasteiger partial charge in [0.2, 0.25) is 0 Å². The highest BCUT2D eigenvalue weighted by Crippen LogP contribution is 2.12. The van der Waals surface area contributed by atoms with Crippen molar-refractivity contribution in [3.63, 3.8) is 0 Å². The van der Waals surface area contributed by atoms with E-state index < -0.39 is 0 Å². The van der Waals surface area contributed by atoms with Crippen molar-refractivity contribution in [1.29, 1.82) is 0 Å². The highest BCUT2D eigenvalue weighted by atomic mass is 16.6. The van der Waals surface area contributed by atoms with Crippen LogP contribution in [-0.2, 0) is 47.4 Å². The second-order valence-corrected chi connectivity index (χ2v) is 12.9. The van der Waals surface area contributed by atoms with Crippen molar-refractivity contribution in [3.8, 4) is 0 Å². The van der Waals surface area contributed by atoms with Gasteiger partial charge in [-0.2, -0.15) is 0 Å². The zero-order valence-corrected chi connectivity index (χ0v) is 32.3. The normalized spacial score (nSPS) is 14.3. The zero-order chi connectivity index (χ0) is 35.9. The van der Waals surface area contributed by atoms with Gasteiger partial charge in [-0.3, -0.25) is 0 Å². The number of aliphatic hydroxyl groups excluding tert-OH is 1. The Labute approximate surface area is 300 Å². The van der Waals surface area contributed by atoms with Crippen LogP contribution in [0, 0.1) is 0 Å². The summed E-state index contributed by atoms with van der Waals surface area (Å²) in [5.41, 5.74) is 0. The molecule has 4 atom stereocenters. The average Bonchev–Trinajstić information content (AvgIpc) is 3.10. The zero-order valence-electron chi connectivity index (χ0n) is 32.3. The third-order valence-corrected chi connectivity index (χ3v) is 7.69. The fourth-order valence-corrected chi connectivity index (χ4v) is 4.74. The molecule has 0 spiro atoms. The van der Waals surface area contributed by atoms with E-state index in [1.54, 1.807) is 0 Å². The molecule has 0 aliphatic rings. The first-order valence-corrected chi connectivity index (χ1v) is 19.5. The van der Waals surface area contributed by atoms with Crippen molar-refractivity contribution in [2.24, 2.45) is 0 Å². The molecule has 0 rings (SSSR count). The molecule has 11 heteroatoms. The van der Waals surface area contributed by atoms with E-state index in [1.807, 2.05) is 20.8 Å². The fourth-order valence-electron chi connectivity index (χ4n) is 4.74. The first-order chi connectivity index (χ1) is 24.0. The molecule has 0 amide bonds. The van der Waals surface area contributed by atoms with Gasteiger partial charge in [-0.05, 0) is 34.1 Å². The summed E-state index contributed by atoms with van der Waals surface area (Å²) in [6, 6.07) is 0. The fraction of sp³-hybridized carbons (Fsp3) is 1.00. The molecular weight excluding hydrogens is 632 g/mol. The summed E-state index contributed by atoms with van der Waals surface area (Å²) in [6.07, 6.45) is 16.2. The lowest BCUT2D eigenvalue weighted by Crippen LogP contribution is -2.28. The lowest BCUT2D eigenvalue weighted by Gasteiger charge is -2.21. The highest BCUT2D eigenvalue weighted by Gasteiger charge is 2.12. The van der Waals surface area contributed by atoms with Gasteiger partial charge in [0, 0.05) is 6.61 Å². The molecule has 0 aromatic carbocycles. The Morgan fingerprint density at radius 3 is 1.06 bits per heavy atom. The van der Waals surface area contributed by atoms with Crippen molar-refractivity contribution in [1.82, 2.24) is 0 Å². The van der Waals surface area contributed by atoms with E-state index in [1.165, 1.54) is 70.6 Å². The van der Waals surface area contributed by atoms with E-state index in [0.29, 0.717) is 99.1 Å². The largest absolute Gasteiger partial charge is 0.394 e. The molecule has 0 fully saturated rings. The Bertz CT molecular complexity index is 616. The van der Waals surface area contributed by atoms with Crippen molar-refractivity contribution < 1.29 is 52.5 Å². The summed E-state index contributed by atoms with van der Waals surface area (Å²) in [5, 5.41) is 8.61. The lowest BCUT2D eigenvalue weighted by atomic mass is 10.1. The molecule has 0 bridgehead atoms. The molecule has 0 aromatic rings. The van der Waals surface area contributed by atoms with Gasteiger partial charge < -0.3 is 52.5 Å². The van der Waals surface area contributed by atoms with Crippen molar-refractivity contribution in [3.05, 3.63) is 0 Å². The summed E-state index contributed by atoms with van der Waals surface area (Å²) in [6.45, 7) is 18.7. The first-order valence-electron chi connectivity index (χ1n) is 19.5. The molecule has 0 saturated carbocycles. The van der Waals surface area contributed by atoms with Gasteiger partial charge in [0.05, 0.1) is 130 Å². The number of ether oxygens (including phenoxy) is 10. The molecule has 0 saturated heterocycles. The minimum Gasteiger partial charge on any atom is -0.394 e. The third kappa shape index (κ3) is 40.2. The van der Waals surface area contributed by atoms with Crippen LogP contribution in [0.4, 0.5) is 0 Å². The average molecular weight is 711 g/mol. The van der Waals surface area contributed by atoms with E-state index in [-0.39, 0.29) is 31.0 Å². The maximum Gasteiger partial charge on any atom is 0.0781 e. The molecule has 49 heavy (non-hydrogen) atoms.